The summed E-state index contributed by atoms with van der Waals surface area (Å²) in [7, 11) is 0. The molecule has 0 bridgehead atoms. The molecule has 1 aromatic carbocycles. The van der Waals surface area contributed by atoms with Crippen LogP contribution >= 0.6 is 23.2 Å². The zero-order chi connectivity index (χ0) is 21.1. The van der Waals surface area contributed by atoms with E-state index in [2.05, 4.69) is 30.6 Å². The number of rotatable bonds is 4. The number of urea groups is 1. The quantitative estimate of drug-likeness (QED) is 0.632. The van der Waals surface area contributed by atoms with Gasteiger partial charge >= 0.3 is 6.03 Å². The summed E-state index contributed by atoms with van der Waals surface area (Å²) in [4.78, 5) is 31.1. The number of hydrogen-bond donors (Lipinski definition) is 2. The summed E-state index contributed by atoms with van der Waals surface area (Å²) in [5, 5.41) is 6.10. The standard InChI is InChI=1S/C19H16Cl2FN7O/c20-13-5-11(1-2-14(13)22)6-26-19(30)29-4-3-12-7-25-18(27-15(12)10-29)28-17-9-23-16(21)8-24-17/h1-2,5,7-9H,3-4,6,10H2,(H,26,30)(H,24,25,27,28). The van der Waals surface area contributed by atoms with Gasteiger partial charge in [-0.2, -0.15) is 0 Å². The summed E-state index contributed by atoms with van der Waals surface area (Å²) < 4.78 is 13.3. The van der Waals surface area contributed by atoms with Crippen LogP contribution in [0.15, 0.2) is 36.8 Å². The van der Waals surface area contributed by atoms with E-state index in [4.69, 9.17) is 23.2 Å². The SMILES string of the molecule is O=C(NCc1ccc(F)c(Cl)c1)N1CCc2cnc(Nc3cnc(Cl)cn3)nc2C1. The van der Waals surface area contributed by atoms with E-state index < -0.39 is 5.82 Å². The molecule has 2 aromatic heterocycles. The van der Waals surface area contributed by atoms with Crippen LogP contribution in [0.4, 0.5) is 21.0 Å². The summed E-state index contributed by atoms with van der Waals surface area (Å²) >= 11 is 11.5. The largest absolute Gasteiger partial charge is 0.334 e. The van der Waals surface area contributed by atoms with Crippen LogP contribution in [0.5, 0.6) is 0 Å². The number of carbonyl (C=O) groups excluding carboxylic acids is 1. The average molecular weight is 448 g/mol. The minimum absolute atomic E-state index is 0.0238. The van der Waals surface area contributed by atoms with Crippen LogP contribution in [-0.2, 0) is 19.5 Å². The lowest BCUT2D eigenvalue weighted by molar-refractivity contribution is 0.191. The van der Waals surface area contributed by atoms with E-state index >= 15 is 0 Å². The monoisotopic (exact) mass is 447 g/mol. The molecule has 0 saturated heterocycles. The Morgan fingerprint density at radius 2 is 2.03 bits per heavy atom. The number of carbonyl (C=O) groups is 1. The second-order valence-electron chi connectivity index (χ2n) is 6.59. The van der Waals surface area contributed by atoms with Gasteiger partial charge in [0.15, 0.2) is 5.82 Å². The van der Waals surface area contributed by atoms with Gasteiger partial charge in [0.2, 0.25) is 5.95 Å². The van der Waals surface area contributed by atoms with E-state index in [1.807, 2.05) is 0 Å². The molecule has 3 aromatic rings. The third-order valence-corrected chi connectivity index (χ3v) is 5.01. The van der Waals surface area contributed by atoms with Crippen LogP contribution in [0.1, 0.15) is 16.8 Å². The average Bonchev–Trinajstić information content (AvgIpc) is 2.75. The topological polar surface area (TPSA) is 95.9 Å². The molecule has 0 radical (unpaired) electrons. The highest BCUT2D eigenvalue weighted by molar-refractivity contribution is 6.30. The van der Waals surface area contributed by atoms with Gasteiger partial charge in [-0.15, -0.1) is 0 Å². The molecule has 2 amide bonds. The lowest BCUT2D eigenvalue weighted by atomic mass is 10.1. The normalized spacial score (nSPS) is 13.0. The number of nitrogens with zero attached hydrogens (tertiary/aromatic N) is 5. The molecule has 0 spiro atoms. The minimum Gasteiger partial charge on any atom is -0.334 e. The highest BCUT2D eigenvalue weighted by Crippen LogP contribution is 2.20. The Morgan fingerprint density at radius 3 is 2.80 bits per heavy atom. The van der Waals surface area contributed by atoms with Crippen molar-refractivity contribution in [3.63, 3.8) is 0 Å². The maximum atomic E-state index is 13.3. The van der Waals surface area contributed by atoms with Crippen molar-refractivity contribution in [3.05, 3.63) is 69.6 Å². The fourth-order valence-electron chi connectivity index (χ4n) is 2.97. The summed E-state index contributed by atoms with van der Waals surface area (Å²) in [5.74, 6) is 0.323. The number of nitrogens with one attached hydrogen (secondary N) is 2. The predicted molar refractivity (Wildman–Crippen MR) is 110 cm³/mol. The Morgan fingerprint density at radius 1 is 1.17 bits per heavy atom. The molecule has 0 saturated carbocycles. The fourth-order valence-corrected chi connectivity index (χ4v) is 3.27. The first-order valence-electron chi connectivity index (χ1n) is 9.04. The molecule has 2 N–H and O–H groups in total. The maximum Gasteiger partial charge on any atom is 0.318 e. The van der Waals surface area contributed by atoms with Gasteiger partial charge in [-0.05, 0) is 29.7 Å². The van der Waals surface area contributed by atoms with Crippen LogP contribution in [0.2, 0.25) is 10.2 Å². The van der Waals surface area contributed by atoms with Gasteiger partial charge in [0.1, 0.15) is 11.0 Å². The Labute approximate surface area is 181 Å². The van der Waals surface area contributed by atoms with E-state index in [0.29, 0.717) is 36.8 Å². The highest BCUT2D eigenvalue weighted by atomic mass is 35.5. The molecule has 30 heavy (non-hydrogen) atoms. The summed E-state index contributed by atoms with van der Waals surface area (Å²) in [6, 6.07) is 4.11. The van der Waals surface area contributed by atoms with Crippen molar-refractivity contribution in [1.82, 2.24) is 30.2 Å². The second kappa shape index (κ2) is 8.76. The lowest BCUT2D eigenvalue weighted by Gasteiger charge is -2.28. The van der Waals surface area contributed by atoms with Gasteiger partial charge in [0.05, 0.1) is 29.7 Å². The molecule has 0 aliphatic carbocycles. The number of benzene rings is 1. The molecule has 154 valence electrons. The molecule has 0 atom stereocenters. The number of aromatic nitrogens is 4. The highest BCUT2D eigenvalue weighted by Gasteiger charge is 2.22. The first-order valence-corrected chi connectivity index (χ1v) is 9.79. The number of halogens is 3. The van der Waals surface area contributed by atoms with Gasteiger partial charge in [0, 0.05) is 19.3 Å². The van der Waals surface area contributed by atoms with E-state index in [0.717, 1.165) is 11.3 Å². The molecule has 0 unspecified atom stereocenters. The van der Waals surface area contributed by atoms with E-state index in [-0.39, 0.29) is 22.8 Å². The van der Waals surface area contributed by atoms with Crippen molar-refractivity contribution in [2.45, 2.75) is 19.5 Å². The van der Waals surface area contributed by atoms with Crippen molar-refractivity contribution in [3.8, 4) is 0 Å². The first kappa shape index (κ1) is 20.2. The zero-order valence-corrected chi connectivity index (χ0v) is 17.1. The summed E-state index contributed by atoms with van der Waals surface area (Å²) in [6.07, 6.45) is 5.28. The zero-order valence-electron chi connectivity index (χ0n) is 15.6. The predicted octanol–water partition coefficient (Wildman–Crippen LogP) is 3.72. The van der Waals surface area contributed by atoms with Gasteiger partial charge in [-0.25, -0.2) is 29.1 Å². The van der Waals surface area contributed by atoms with Crippen LogP contribution in [0.3, 0.4) is 0 Å². The third-order valence-electron chi connectivity index (χ3n) is 4.52. The fraction of sp³-hybridized carbons (Fsp3) is 0.211. The molecule has 11 heteroatoms. The van der Waals surface area contributed by atoms with Gasteiger partial charge in [-0.1, -0.05) is 29.3 Å². The molecule has 0 fully saturated rings. The summed E-state index contributed by atoms with van der Waals surface area (Å²) in [6.45, 7) is 1.13. The van der Waals surface area contributed by atoms with Crippen LogP contribution in [0.25, 0.3) is 0 Å². The number of anilines is 2. The molecule has 1 aliphatic rings. The minimum atomic E-state index is -0.493. The molecule has 3 heterocycles. The van der Waals surface area contributed by atoms with Crippen LogP contribution in [0, 0.1) is 5.82 Å². The van der Waals surface area contributed by atoms with E-state index in [1.165, 1.54) is 24.5 Å². The molecule has 4 rings (SSSR count). The van der Waals surface area contributed by atoms with E-state index in [9.17, 15) is 9.18 Å². The van der Waals surface area contributed by atoms with Crippen molar-refractivity contribution in [1.29, 1.82) is 0 Å². The molecule has 8 nitrogen and oxygen atoms in total. The van der Waals surface area contributed by atoms with Crippen molar-refractivity contribution < 1.29 is 9.18 Å². The van der Waals surface area contributed by atoms with Gasteiger partial charge in [0.25, 0.3) is 0 Å². The smallest absolute Gasteiger partial charge is 0.318 e. The Kier molecular flexibility index (Phi) is 5.91. The first-order chi connectivity index (χ1) is 14.5. The van der Waals surface area contributed by atoms with Gasteiger partial charge < -0.3 is 15.5 Å². The van der Waals surface area contributed by atoms with Crippen molar-refractivity contribution in [2.24, 2.45) is 0 Å². The van der Waals surface area contributed by atoms with Crippen molar-refractivity contribution >= 4 is 41.0 Å². The number of amides is 2. The van der Waals surface area contributed by atoms with Crippen LogP contribution in [-0.4, -0.2) is 37.4 Å². The third kappa shape index (κ3) is 4.74. The van der Waals surface area contributed by atoms with Crippen molar-refractivity contribution in [2.75, 3.05) is 11.9 Å². The Balaban J connectivity index is 1.39. The lowest BCUT2D eigenvalue weighted by Crippen LogP contribution is -2.42. The van der Waals surface area contributed by atoms with E-state index in [1.54, 1.807) is 17.2 Å². The molecular weight excluding hydrogens is 432 g/mol. The number of fused-ring (bicyclic) bond motifs is 1. The van der Waals surface area contributed by atoms with Gasteiger partial charge in [-0.3, -0.25) is 0 Å². The molecule has 1 aliphatic heterocycles. The Bertz CT molecular complexity index is 1080. The number of hydrogen-bond acceptors (Lipinski definition) is 6. The molecular formula is C19H16Cl2FN7O. The Hall–Kier alpha value is -3.04. The summed E-state index contributed by atoms with van der Waals surface area (Å²) in [5.41, 5.74) is 2.45. The maximum absolute atomic E-state index is 13.3. The van der Waals surface area contributed by atoms with Crippen LogP contribution < -0.4 is 10.6 Å². The second-order valence-corrected chi connectivity index (χ2v) is 7.39.